The second-order valence-electron chi connectivity index (χ2n) is 4.21. The summed E-state index contributed by atoms with van der Waals surface area (Å²) in [5.74, 6) is 0. The molecular weight excluding hydrogens is 321 g/mol. The molecule has 1 heterocycles. The lowest BCUT2D eigenvalue weighted by Gasteiger charge is -2.05. The van der Waals surface area contributed by atoms with E-state index in [9.17, 15) is 0 Å². The van der Waals surface area contributed by atoms with Gasteiger partial charge in [-0.3, -0.25) is 0 Å². The van der Waals surface area contributed by atoms with Crippen molar-refractivity contribution >= 4 is 21.7 Å². The summed E-state index contributed by atoms with van der Waals surface area (Å²) in [6.45, 7) is 2.18. The maximum absolute atomic E-state index is 2.26. The van der Waals surface area contributed by atoms with Crippen LogP contribution in [-0.4, -0.2) is 0 Å². The van der Waals surface area contributed by atoms with Crippen LogP contribution < -0.4 is 28.5 Å². The molecule has 2 heteroatoms. The predicted molar refractivity (Wildman–Crippen MR) is 67.4 cm³/mol. The minimum absolute atomic E-state index is 0. The molecule has 0 amide bonds. The molecule has 3 rings (SSSR count). The molecule has 0 saturated carbocycles. The number of hydrogen-bond donors (Lipinski definition) is 0. The zero-order valence-electron chi connectivity index (χ0n) is 9.94. The van der Waals surface area contributed by atoms with Crippen LogP contribution in [0.3, 0.4) is 0 Å². The summed E-state index contributed by atoms with van der Waals surface area (Å²) in [4.78, 5) is 0. The quantitative estimate of drug-likeness (QED) is 0.312. The molecule has 3 aromatic rings. The first-order valence-electron chi connectivity index (χ1n) is 5.55. The van der Waals surface area contributed by atoms with E-state index in [0.29, 0.717) is 0 Å². The van der Waals surface area contributed by atoms with Gasteiger partial charge in [0.2, 0.25) is 5.52 Å². The van der Waals surface area contributed by atoms with Crippen molar-refractivity contribution in [2.24, 2.45) is 7.05 Å². The van der Waals surface area contributed by atoms with E-state index < -0.39 is 0 Å². The maximum atomic E-state index is 2.26. The average molecular weight is 335 g/mol. The molecule has 0 spiro atoms. The molecule has 0 unspecified atom stereocenters. The number of aromatic nitrogens is 1. The number of fused-ring (bicyclic) bond motifs is 3. The Balaban J connectivity index is 0.00000108. The third kappa shape index (κ3) is 1.80. The maximum Gasteiger partial charge on any atom is 0.213 e. The zero-order chi connectivity index (χ0) is 11.1. The molecule has 1 nitrogen and oxygen atoms in total. The van der Waals surface area contributed by atoms with Crippen LogP contribution in [0.1, 0.15) is 5.69 Å². The van der Waals surface area contributed by atoms with Crippen molar-refractivity contribution in [2.45, 2.75) is 6.92 Å². The van der Waals surface area contributed by atoms with Crippen LogP contribution >= 0.6 is 0 Å². The van der Waals surface area contributed by atoms with E-state index in [0.717, 1.165) is 0 Å². The number of rotatable bonds is 0. The molecule has 1 aromatic heterocycles. The topological polar surface area (TPSA) is 3.88 Å². The lowest BCUT2D eigenvalue weighted by atomic mass is 10.0. The minimum atomic E-state index is 0. The fourth-order valence-corrected chi connectivity index (χ4v) is 2.39. The molecule has 0 fully saturated rings. The van der Waals surface area contributed by atoms with Crippen molar-refractivity contribution in [1.29, 1.82) is 0 Å². The molecule has 0 N–H and O–H groups in total. The van der Waals surface area contributed by atoms with Gasteiger partial charge in [-0.2, -0.15) is 4.57 Å². The van der Waals surface area contributed by atoms with Gasteiger partial charge in [0.25, 0.3) is 0 Å². The SMILES string of the molecule is Cc1c2ccccc2c2ccccc2[n+]1C.[I-]. The molecule has 0 aliphatic heterocycles. The number of nitrogens with zero attached hydrogens (tertiary/aromatic N) is 1. The highest BCUT2D eigenvalue weighted by Crippen LogP contribution is 2.24. The Hall–Kier alpha value is -1.16. The predicted octanol–water partition coefficient (Wildman–Crippen LogP) is 0.130. The van der Waals surface area contributed by atoms with E-state index in [4.69, 9.17) is 0 Å². The number of halogens is 1. The van der Waals surface area contributed by atoms with Gasteiger partial charge in [-0.1, -0.05) is 30.3 Å². The monoisotopic (exact) mass is 335 g/mol. The van der Waals surface area contributed by atoms with Crippen molar-refractivity contribution in [3.63, 3.8) is 0 Å². The van der Waals surface area contributed by atoms with E-state index in [1.165, 1.54) is 27.4 Å². The molecular formula is C15H14IN. The average Bonchev–Trinajstić information content (AvgIpc) is 2.36. The Morgan fingerprint density at radius 3 is 2.00 bits per heavy atom. The van der Waals surface area contributed by atoms with E-state index in [1.54, 1.807) is 0 Å². The van der Waals surface area contributed by atoms with Crippen molar-refractivity contribution in [3.05, 3.63) is 54.2 Å². The summed E-state index contributed by atoms with van der Waals surface area (Å²) in [6, 6.07) is 17.2. The third-order valence-electron chi connectivity index (χ3n) is 3.38. The Labute approximate surface area is 118 Å². The number of para-hydroxylation sites is 1. The fraction of sp³-hybridized carbons (Fsp3) is 0.133. The van der Waals surface area contributed by atoms with E-state index in [2.05, 4.69) is 67.1 Å². The fourth-order valence-electron chi connectivity index (χ4n) is 2.39. The van der Waals surface area contributed by atoms with Gasteiger partial charge in [0.1, 0.15) is 7.05 Å². The molecule has 2 aromatic carbocycles. The second-order valence-corrected chi connectivity index (χ2v) is 4.21. The van der Waals surface area contributed by atoms with Crippen LogP contribution in [0.4, 0.5) is 0 Å². The van der Waals surface area contributed by atoms with Gasteiger partial charge < -0.3 is 24.0 Å². The van der Waals surface area contributed by atoms with Crippen LogP contribution in [0.2, 0.25) is 0 Å². The van der Waals surface area contributed by atoms with Crippen molar-refractivity contribution in [3.8, 4) is 0 Å². The Morgan fingerprint density at radius 1 is 0.765 bits per heavy atom. The van der Waals surface area contributed by atoms with Crippen LogP contribution in [-0.2, 0) is 7.05 Å². The summed E-state index contributed by atoms with van der Waals surface area (Å²) >= 11 is 0. The van der Waals surface area contributed by atoms with Crippen LogP contribution in [0, 0.1) is 6.92 Å². The van der Waals surface area contributed by atoms with Crippen molar-refractivity contribution < 1.29 is 28.5 Å². The summed E-state index contributed by atoms with van der Waals surface area (Å²) in [5.41, 5.74) is 2.60. The number of aryl methyl sites for hydroxylation is 2. The lowest BCUT2D eigenvalue weighted by molar-refractivity contribution is -0.649. The van der Waals surface area contributed by atoms with Gasteiger partial charge in [-0.05, 0) is 12.1 Å². The first kappa shape index (κ1) is 12.3. The van der Waals surface area contributed by atoms with E-state index in [1.807, 2.05) is 0 Å². The van der Waals surface area contributed by atoms with Gasteiger partial charge in [-0.15, -0.1) is 0 Å². The van der Waals surface area contributed by atoms with Crippen LogP contribution in [0.25, 0.3) is 21.7 Å². The normalized spacial score (nSPS) is 10.5. The zero-order valence-corrected chi connectivity index (χ0v) is 12.1. The third-order valence-corrected chi connectivity index (χ3v) is 3.38. The summed E-state index contributed by atoms with van der Waals surface area (Å²) in [7, 11) is 2.13. The molecule has 0 atom stereocenters. The Kier molecular flexibility index (Phi) is 3.33. The minimum Gasteiger partial charge on any atom is -1.00 e. The van der Waals surface area contributed by atoms with Gasteiger partial charge in [0, 0.05) is 23.8 Å². The number of hydrogen-bond acceptors (Lipinski definition) is 0. The second kappa shape index (κ2) is 4.61. The van der Waals surface area contributed by atoms with Crippen LogP contribution in [0.5, 0.6) is 0 Å². The highest BCUT2D eigenvalue weighted by Gasteiger charge is 2.13. The molecule has 0 aliphatic carbocycles. The summed E-state index contributed by atoms with van der Waals surface area (Å²) in [6.07, 6.45) is 0. The first-order chi connectivity index (χ1) is 7.79. The molecule has 17 heavy (non-hydrogen) atoms. The summed E-state index contributed by atoms with van der Waals surface area (Å²) in [5, 5.41) is 4.00. The number of pyridine rings is 1. The Bertz CT molecular complexity index is 628. The van der Waals surface area contributed by atoms with Crippen molar-refractivity contribution in [1.82, 2.24) is 0 Å². The molecule has 0 bridgehead atoms. The smallest absolute Gasteiger partial charge is 0.213 e. The summed E-state index contributed by atoms with van der Waals surface area (Å²) < 4.78 is 2.26. The van der Waals surface area contributed by atoms with Crippen LogP contribution in [0.15, 0.2) is 48.5 Å². The van der Waals surface area contributed by atoms with Crippen molar-refractivity contribution in [2.75, 3.05) is 0 Å². The molecule has 86 valence electrons. The van der Waals surface area contributed by atoms with Gasteiger partial charge in [0.15, 0.2) is 5.69 Å². The largest absolute Gasteiger partial charge is 1.00 e. The highest BCUT2D eigenvalue weighted by molar-refractivity contribution is 6.04. The van der Waals surface area contributed by atoms with Gasteiger partial charge in [-0.25, -0.2) is 0 Å². The Morgan fingerprint density at radius 2 is 1.29 bits per heavy atom. The molecule has 0 radical (unpaired) electrons. The first-order valence-corrected chi connectivity index (χ1v) is 5.55. The standard InChI is InChI=1S/C15H14N.HI/c1-11-12-7-3-4-8-13(12)14-9-5-6-10-15(14)16(11)2;/h3-10H,1-2H3;1H/q+1;/p-1. The van der Waals surface area contributed by atoms with Gasteiger partial charge >= 0.3 is 0 Å². The lowest BCUT2D eigenvalue weighted by Crippen LogP contribution is -3.00. The molecule has 0 saturated heterocycles. The molecule has 0 aliphatic rings. The van der Waals surface area contributed by atoms with E-state index >= 15 is 0 Å². The van der Waals surface area contributed by atoms with E-state index in [-0.39, 0.29) is 24.0 Å². The van der Waals surface area contributed by atoms with Gasteiger partial charge in [0.05, 0.1) is 5.39 Å². The highest BCUT2D eigenvalue weighted by atomic mass is 127. The number of benzene rings is 2.